The third kappa shape index (κ3) is 3.32. The van der Waals surface area contributed by atoms with Crippen LogP contribution in [-0.2, 0) is 6.18 Å². The van der Waals surface area contributed by atoms with Crippen LogP contribution in [0.3, 0.4) is 0 Å². The Bertz CT molecular complexity index is 758. The highest BCUT2D eigenvalue weighted by atomic mass is 19.4. The summed E-state index contributed by atoms with van der Waals surface area (Å²) in [6.45, 7) is 0.229. The molecule has 0 spiro atoms. The van der Waals surface area contributed by atoms with Crippen LogP contribution in [0.25, 0.3) is 0 Å². The van der Waals surface area contributed by atoms with Crippen LogP contribution in [0.15, 0.2) is 42.6 Å². The SMILES string of the molecule is O=C(c1cccc(F)c1)N1CC(Oc2ncccc2C(F)(F)F)C1. The first-order valence-corrected chi connectivity index (χ1v) is 7.08. The van der Waals surface area contributed by atoms with Crippen molar-refractivity contribution in [3.8, 4) is 5.88 Å². The number of alkyl halides is 3. The van der Waals surface area contributed by atoms with Crippen molar-refractivity contribution in [2.45, 2.75) is 12.3 Å². The van der Waals surface area contributed by atoms with Crippen molar-refractivity contribution in [1.82, 2.24) is 9.88 Å². The quantitative estimate of drug-likeness (QED) is 0.806. The summed E-state index contributed by atoms with van der Waals surface area (Å²) < 4.78 is 57.0. The minimum absolute atomic E-state index is 0.114. The van der Waals surface area contributed by atoms with E-state index in [0.29, 0.717) is 0 Å². The van der Waals surface area contributed by atoms with Crippen LogP contribution in [0.4, 0.5) is 17.6 Å². The van der Waals surface area contributed by atoms with Gasteiger partial charge in [-0.3, -0.25) is 4.79 Å². The molecule has 0 bridgehead atoms. The Morgan fingerprint density at radius 3 is 2.62 bits per heavy atom. The molecule has 4 nitrogen and oxygen atoms in total. The molecular weight excluding hydrogens is 328 g/mol. The molecule has 0 atom stereocenters. The molecule has 1 aromatic heterocycles. The molecule has 2 aromatic rings. The number of benzene rings is 1. The Kier molecular flexibility index (Phi) is 4.13. The first kappa shape index (κ1) is 16.2. The number of carbonyl (C=O) groups is 1. The molecule has 1 aromatic carbocycles. The van der Waals surface area contributed by atoms with Gasteiger partial charge in [0.05, 0.1) is 13.1 Å². The maximum absolute atomic E-state index is 13.1. The highest BCUT2D eigenvalue weighted by Gasteiger charge is 2.38. The first-order chi connectivity index (χ1) is 11.3. The van der Waals surface area contributed by atoms with E-state index in [9.17, 15) is 22.4 Å². The predicted molar refractivity (Wildman–Crippen MR) is 76.0 cm³/mol. The Hall–Kier alpha value is -2.64. The number of hydrogen-bond acceptors (Lipinski definition) is 3. The van der Waals surface area contributed by atoms with Crippen molar-refractivity contribution < 1.29 is 27.1 Å². The smallest absolute Gasteiger partial charge is 0.421 e. The third-order valence-electron chi connectivity index (χ3n) is 3.56. The van der Waals surface area contributed by atoms with E-state index < -0.39 is 35.4 Å². The molecule has 1 aliphatic heterocycles. The molecule has 0 radical (unpaired) electrons. The number of nitrogens with zero attached hydrogens (tertiary/aromatic N) is 2. The maximum atomic E-state index is 13.1. The lowest BCUT2D eigenvalue weighted by Crippen LogP contribution is -2.56. The molecule has 1 aliphatic rings. The highest BCUT2D eigenvalue weighted by molar-refractivity contribution is 5.94. The van der Waals surface area contributed by atoms with Gasteiger partial charge >= 0.3 is 6.18 Å². The zero-order valence-corrected chi connectivity index (χ0v) is 12.3. The number of hydrogen-bond donors (Lipinski definition) is 0. The average Bonchev–Trinajstić information content (AvgIpc) is 2.49. The molecule has 0 aliphatic carbocycles. The minimum atomic E-state index is -4.57. The Morgan fingerprint density at radius 1 is 1.21 bits per heavy atom. The lowest BCUT2D eigenvalue weighted by molar-refractivity contribution is -0.140. The normalized spacial score (nSPS) is 15.1. The molecule has 0 unspecified atom stereocenters. The zero-order chi connectivity index (χ0) is 17.3. The van der Waals surface area contributed by atoms with Gasteiger partial charge < -0.3 is 9.64 Å². The van der Waals surface area contributed by atoms with Crippen LogP contribution >= 0.6 is 0 Å². The lowest BCUT2D eigenvalue weighted by atomic mass is 10.1. The van der Waals surface area contributed by atoms with Crippen LogP contribution in [0, 0.1) is 5.82 Å². The van der Waals surface area contributed by atoms with E-state index in [0.717, 1.165) is 12.1 Å². The Balaban J connectivity index is 1.63. The molecule has 0 saturated carbocycles. The van der Waals surface area contributed by atoms with E-state index in [1.54, 1.807) is 0 Å². The molecule has 1 amide bonds. The van der Waals surface area contributed by atoms with E-state index in [4.69, 9.17) is 4.74 Å². The third-order valence-corrected chi connectivity index (χ3v) is 3.56. The number of ether oxygens (including phenoxy) is 1. The average molecular weight is 340 g/mol. The van der Waals surface area contributed by atoms with E-state index in [2.05, 4.69) is 4.98 Å². The van der Waals surface area contributed by atoms with Gasteiger partial charge in [-0.1, -0.05) is 6.07 Å². The van der Waals surface area contributed by atoms with Gasteiger partial charge in [-0.05, 0) is 30.3 Å². The molecule has 0 N–H and O–H groups in total. The van der Waals surface area contributed by atoms with Crippen LogP contribution in [0.5, 0.6) is 5.88 Å². The number of rotatable bonds is 3. The number of likely N-dealkylation sites (tertiary alicyclic amines) is 1. The fraction of sp³-hybridized carbons (Fsp3) is 0.250. The summed E-state index contributed by atoms with van der Waals surface area (Å²) >= 11 is 0. The summed E-state index contributed by atoms with van der Waals surface area (Å²) in [6.07, 6.45) is -3.94. The number of halogens is 4. The molecular formula is C16H12F4N2O2. The second-order valence-corrected chi connectivity index (χ2v) is 5.31. The highest BCUT2D eigenvalue weighted by Crippen LogP contribution is 2.35. The van der Waals surface area contributed by atoms with Crippen LogP contribution in [-0.4, -0.2) is 35.0 Å². The standard InChI is InChI=1S/C16H12F4N2O2/c17-11-4-1-3-10(7-11)15(23)22-8-12(9-22)24-14-13(16(18,19)20)5-2-6-21-14/h1-7,12H,8-9H2. The summed E-state index contributed by atoms with van der Waals surface area (Å²) in [5.74, 6) is -1.43. The largest absolute Gasteiger partial charge is 0.470 e. The Morgan fingerprint density at radius 2 is 1.96 bits per heavy atom. The summed E-state index contributed by atoms with van der Waals surface area (Å²) in [5.41, 5.74) is -0.776. The number of pyridine rings is 1. The van der Waals surface area contributed by atoms with Crippen molar-refractivity contribution in [2.24, 2.45) is 0 Å². The zero-order valence-electron chi connectivity index (χ0n) is 12.3. The van der Waals surface area contributed by atoms with Crippen LogP contribution < -0.4 is 4.74 Å². The van der Waals surface area contributed by atoms with E-state index in [1.807, 2.05) is 0 Å². The monoisotopic (exact) mass is 340 g/mol. The lowest BCUT2D eigenvalue weighted by Gasteiger charge is -2.39. The fourth-order valence-electron chi connectivity index (χ4n) is 2.34. The van der Waals surface area contributed by atoms with Crippen molar-refractivity contribution in [3.63, 3.8) is 0 Å². The summed E-state index contributed by atoms with van der Waals surface area (Å²) in [4.78, 5) is 17.1. The maximum Gasteiger partial charge on any atom is 0.421 e. The molecule has 1 saturated heterocycles. The van der Waals surface area contributed by atoms with Crippen LogP contribution in [0.1, 0.15) is 15.9 Å². The number of carbonyl (C=O) groups excluding carboxylic acids is 1. The number of aromatic nitrogens is 1. The van der Waals surface area contributed by atoms with Crippen LogP contribution in [0.2, 0.25) is 0 Å². The van der Waals surface area contributed by atoms with Gasteiger partial charge in [0.15, 0.2) is 0 Å². The molecule has 8 heteroatoms. The van der Waals surface area contributed by atoms with E-state index in [1.165, 1.54) is 35.4 Å². The van der Waals surface area contributed by atoms with Gasteiger partial charge in [-0.15, -0.1) is 0 Å². The van der Waals surface area contributed by atoms with Crippen molar-refractivity contribution in [3.05, 3.63) is 59.5 Å². The summed E-state index contributed by atoms with van der Waals surface area (Å²) in [6, 6.07) is 7.28. The Labute approximate surface area is 134 Å². The van der Waals surface area contributed by atoms with Gasteiger partial charge in [0.25, 0.3) is 5.91 Å². The molecule has 24 heavy (non-hydrogen) atoms. The van der Waals surface area contributed by atoms with Crippen molar-refractivity contribution >= 4 is 5.91 Å². The fourth-order valence-corrected chi connectivity index (χ4v) is 2.34. The number of amides is 1. The molecule has 126 valence electrons. The van der Waals surface area contributed by atoms with Gasteiger partial charge in [0, 0.05) is 11.8 Å². The minimum Gasteiger partial charge on any atom is -0.470 e. The van der Waals surface area contributed by atoms with Gasteiger partial charge in [-0.2, -0.15) is 13.2 Å². The summed E-state index contributed by atoms with van der Waals surface area (Å²) in [5, 5.41) is 0. The second-order valence-electron chi connectivity index (χ2n) is 5.31. The first-order valence-electron chi connectivity index (χ1n) is 7.08. The molecule has 1 fully saturated rings. The molecule has 3 rings (SSSR count). The topological polar surface area (TPSA) is 42.4 Å². The van der Waals surface area contributed by atoms with Gasteiger partial charge in [0.1, 0.15) is 17.5 Å². The summed E-state index contributed by atoms with van der Waals surface area (Å²) in [7, 11) is 0. The van der Waals surface area contributed by atoms with E-state index in [-0.39, 0.29) is 18.7 Å². The van der Waals surface area contributed by atoms with E-state index >= 15 is 0 Å². The van der Waals surface area contributed by atoms with Crippen molar-refractivity contribution in [2.75, 3.05) is 13.1 Å². The van der Waals surface area contributed by atoms with Gasteiger partial charge in [0.2, 0.25) is 5.88 Å². The predicted octanol–water partition coefficient (Wildman–Crippen LogP) is 3.14. The molecule has 2 heterocycles. The van der Waals surface area contributed by atoms with Gasteiger partial charge in [-0.25, -0.2) is 9.37 Å². The second kappa shape index (κ2) is 6.10. The van der Waals surface area contributed by atoms with Crippen molar-refractivity contribution in [1.29, 1.82) is 0 Å².